The SMILES string of the molecule is O=C1C(c2ccc(F)cc2)N(Cc2cccs2)C(=O)CN1C1CCCCC1. The zero-order valence-corrected chi connectivity index (χ0v) is 16.0. The number of halogens is 1. The van der Waals surface area contributed by atoms with Gasteiger partial charge in [0.1, 0.15) is 18.4 Å². The van der Waals surface area contributed by atoms with Crippen LogP contribution in [0.15, 0.2) is 41.8 Å². The highest BCUT2D eigenvalue weighted by molar-refractivity contribution is 7.09. The summed E-state index contributed by atoms with van der Waals surface area (Å²) in [6, 6.07) is 9.33. The number of rotatable bonds is 4. The molecule has 2 aliphatic rings. The minimum atomic E-state index is -0.684. The summed E-state index contributed by atoms with van der Waals surface area (Å²) in [5.74, 6) is -0.421. The van der Waals surface area contributed by atoms with Gasteiger partial charge in [0.05, 0.1) is 6.54 Å². The summed E-state index contributed by atoms with van der Waals surface area (Å²) < 4.78 is 13.4. The fraction of sp³-hybridized carbons (Fsp3) is 0.429. The molecule has 0 bridgehead atoms. The molecule has 1 aliphatic heterocycles. The molecule has 2 amide bonds. The van der Waals surface area contributed by atoms with Gasteiger partial charge in [0.2, 0.25) is 5.91 Å². The van der Waals surface area contributed by atoms with E-state index < -0.39 is 6.04 Å². The van der Waals surface area contributed by atoms with Crippen LogP contribution in [-0.2, 0) is 16.1 Å². The Morgan fingerprint density at radius 3 is 2.44 bits per heavy atom. The third-order valence-electron chi connectivity index (χ3n) is 5.56. The van der Waals surface area contributed by atoms with E-state index in [2.05, 4.69) is 0 Å². The lowest BCUT2D eigenvalue weighted by atomic mass is 9.91. The van der Waals surface area contributed by atoms with Crippen molar-refractivity contribution in [2.24, 2.45) is 0 Å². The van der Waals surface area contributed by atoms with Gasteiger partial charge >= 0.3 is 0 Å². The van der Waals surface area contributed by atoms with E-state index in [4.69, 9.17) is 0 Å². The van der Waals surface area contributed by atoms with Crippen molar-refractivity contribution in [3.05, 3.63) is 58.0 Å². The molecule has 1 aromatic carbocycles. The van der Waals surface area contributed by atoms with Crippen molar-refractivity contribution < 1.29 is 14.0 Å². The Hall–Kier alpha value is -2.21. The van der Waals surface area contributed by atoms with E-state index in [0.29, 0.717) is 12.1 Å². The van der Waals surface area contributed by atoms with Crippen molar-refractivity contribution in [2.75, 3.05) is 6.54 Å². The van der Waals surface area contributed by atoms with Crippen molar-refractivity contribution in [3.8, 4) is 0 Å². The van der Waals surface area contributed by atoms with Crippen LogP contribution in [0.4, 0.5) is 4.39 Å². The summed E-state index contributed by atoms with van der Waals surface area (Å²) in [5, 5.41) is 1.97. The number of carbonyl (C=O) groups is 2. The maximum atomic E-state index is 13.4. The predicted octanol–water partition coefficient (Wildman–Crippen LogP) is 4.13. The molecule has 1 unspecified atom stereocenters. The zero-order chi connectivity index (χ0) is 18.8. The molecular weight excluding hydrogens is 363 g/mol. The van der Waals surface area contributed by atoms with Crippen LogP contribution in [0.2, 0.25) is 0 Å². The molecule has 4 rings (SSSR count). The Bertz CT molecular complexity index is 800. The molecule has 0 N–H and O–H groups in total. The number of benzene rings is 1. The second-order valence-electron chi connectivity index (χ2n) is 7.31. The van der Waals surface area contributed by atoms with Crippen LogP contribution in [0, 0.1) is 5.82 Å². The van der Waals surface area contributed by atoms with Crippen LogP contribution in [0.5, 0.6) is 0 Å². The maximum absolute atomic E-state index is 13.4. The number of piperazine rings is 1. The van der Waals surface area contributed by atoms with E-state index in [1.807, 2.05) is 17.5 Å². The summed E-state index contributed by atoms with van der Waals surface area (Å²) in [6.45, 7) is 0.551. The molecule has 1 saturated carbocycles. The molecule has 27 heavy (non-hydrogen) atoms. The monoisotopic (exact) mass is 386 g/mol. The summed E-state index contributed by atoms with van der Waals surface area (Å²) in [6.07, 6.45) is 5.31. The summed E-state index contributed by atoms with van der Waals surface area (Å²) in [5.41, 5.74) is 0.673. The highest BCUT2D eigenvalue weighted by Crippen LogP contribution is 2.33. The smallest absolute Gasteiger partial charge is 0.250 e. The number of carbonyl (C=O) groups excluding carboxylic acids is 2. The highest BCUT2D eigenvalue weighted by atomic mass is 32.1. The molecule has 2 aromatic rings. The average molecular weight is 386 g/mol. The lowest BCUT2D eigenvalue weighted by Crippen LogP contribution is -2.58. The van der Waals surface area contributed by atoms with Gasteiger partial charge in [-0.3, -0.25) is 9.59 Å². The second kappa shape index (κ2) is 7.80. The molecule has 0 spiro atoms. The van der Waals surface area contributed by atoms with Crippen molar-refractivity contribution in [1.82, 2.24) is 9.80 Å². The first kappa shape index (κ1) is 18.2. The van der Waals surface area contributed by atoms with Gasteiger partial charge in [0.15, 0.2) is 0 Å². The van der Waals surface area contributed by atoms with Crippen molar-refractivity contribution >= 4 is 23.2 Å². The average Bonchev–Trinajstić information content (AvgIpc) is 3.20. The first-order valence-electron chi connectivity index (χ1n) is 9.51. The van der Waals surface area contributed by atoms with Gasteiger partial charge in [-0.05, 0) is 42.0 Å². The Kier molecular flexibility index (Phi) is 5.25. The molecule has 2 fully saturated rings. The summed E-state index contributed by atoms with van der Waals surface area (Å²) in [4.78, 5) is 30.9. The van der Waals surface area contributed by atoms with Gasteiger partial charge in [-0.15, -0.1) is 11.3 Å². The fourth-order valence-electron chi connectivity index (χ4n) is 4.17. The lowest BCUT2D eigenvalue weighted by Gasteiger charge is -2.44. The molecule has 1 saturated heterocycles. The van der Waals surface area contributed by atoms with Gasteiger partial charge in [-0.25, -0.2) is 4.39 Å². The van der Waals surface area contributed by atoms with Gasteiger partial charge < -0.3 is 9.80 Å². The quantitative estimate of drug-likeness (QED) is 0.793. The van der Waals surface area contributed by atoms with Crippen LogP contribution >= 0.6 is 11.3 Å². The first-order chi connectivity index (χ1) is 13.1. The van der Waals surface area contributed by atoms with E-state index in [-0.39, 0.29) is 30.2 Å². The van der Waals surface area contributed by atoms with Gasteiger partial charge in [0.25, 0.3) is 5.91 Å². The lowest BCUT2D eigenvalue weighted by molar-refractivity contribution is -0.159. The first-order valence-corrected chi connectivity index (χ1v) is 10.4. The van der Waals surface area contributed by atoms with E-state index in [9.17, 15) is 14.0 Å². The molecule has 1 atom stereocenters. The standard InChI is InChI=1S/C21H23FN2O2S/c22-16-10-8-15(9-11-16)20-21(26)23(17-5-2-1-3-6-17)14-19(25)24(20)13-18-7-4-12-27-18/h4,7-12,17,20H,1-3,5-6,13-14H2. The molecule has 1 aromatic heterocycles. The number of amides is 2. The molecule has 142 valence electrons. The van der Waals surface area contributed by atoms with E-state index in [1.54, 1.807) is 33.3 Å². The summed E-state index contributed by atoms with van der Waals surface area (Å²) >= 11 is 1.57. The number of hydrogen-bond donors (Lipinski definition) is 0. The van der Waals surface area contributed by atoms with E-state index in [1.165, 1.54) is 18.6 Å². The Morgan fingerprint density at radius 1 is 1.04 bits per heavy atom. The topological polar surface area (TPSA) is 40.6 Å². The normalized spacial score (nSPS) is 21.7. The molecule has 4 nitrogen and oxygen atoms in total. The van der Waals surface area contributed by atoms with Crippen LogP contribution < -0.4 is 0 Å². The van der Waals surface area contributed by atoms with Crippen LogP contribution in [0.1, 0.15) is 48.6 Å². The zero-order valence-electron chi connectivity index (χ0n) is 15.1. The number of hydrogen-bond acceptors (Lipinski definition) is 3. The molecule has 2 heterocycles. The fourth-order valence-corrected chi connectivity index (χ4v) is 4.87. The van der Waals surface area contributed by atoms with E-state index >= 15 is 0 Å². The van der Waals surface area contributed by atoms with Crippen LogP contribution in [0.25, 0.3) is 0 Å². The largest absolute Gasteiger partial charge is 0.328 e. The van der Waals surface area contributed by atoms with Crippen molar-refractivity contribution in [2.45, 2.75) is 50.7 Å². The number of thiophene rings is 1. The van der Waals surface area contributed by atoms with Gasteiger partial charge in [-0.1, -0.05) is 37.5 Å². The molecule has 1 aliphatic carbocycles. The molecule has 0 radical (unpaired) electrons. The Labute approximate surface area is 162 Å². The number of nitrogens with zero attached hydrogens (tertiary/aromatic N) is 2. The third kappa shape index (κ3) is 3.76. The van der Waals surface area contributed by atoms with Crippen LogP contribution in [0.3, 0.4) is 0 Å². The highest BCUT2D eigenvalue weighted by Gasteiger charge is 2.42. The van der Waals surface area contributed by atoms with Gasteiger partial charge in [-0.2, -0.15) is 0 Å². The van der Waals surface area contributed by atoms with Crippen LogP contribution in [-0.4, -0.2) is 34.2 Å². The second-order valence-corrected chi connectivity index (χ2v) is 8.35. The van der Waals surface area contributed by atoms with E-state index in [0.717, 1.165) is 30.6 Å². The molecular formula is C21H23FN2O2S. The third-order valence-corrected chi connectivity index (χ3v) is 6.42. The van der Waals surface area contributed by atoms with Crippen molar-refractivity contribution in [1.29, 1.82) is 0 Å². The van der Waals surface area contributed by atoms with Gasteiger partial charge in [0, 0.05) is 10.9 Å². The maximum Gasteiger partial charge on any atom is 0.250 e. The summed E-state index contributed by atoms with van der Waals surface area (Å²) in [7, 11) is 0. The minimum Gasteiger partial charge on any atom is -0.328 e. The predicted molar refractivity (Wildman–Crippen MR) is 103 cm³/mol. The minimum absolute atomic E-state index is 0.0373. The Morgan fingerprint density at radius 2 is 1.78 bits per heavy atom. The Balaban J connectivity index is 1.67. The van der Waals surface area contributed by atoms with Crippen molar-refractivity contribution in [3.63, 3.8) is 0 Å². The molecule has 6 heteroatoms.